The molecule has 1 heterocycles. The SMILES string of the molecule is CCCCCNC(=O)CCCCCCCCCCCC(=O)NCCC(=O)Oc1cccc2c1CC[C@@H](N(CCC)CCc1cccs1)C2. The number of rotatable bonds is 26. The van der Waals surface area contributed by atoms with Gasteiger partial charge < -0.3 is 15.4 Å². The maximum atomic E-state index is 12.7. The fourth-order valence-electron chi connectivity index (χ4n) is 6.70. The fraction of sp³-hybridized carbons (Fsp3) is 0.675. The zero-order valence-corrected chi connectivity index (χ0v) is 30.8. The van der Waals surface area contributed by atoms with Crippen molar-refractivity contribution in [3.63, 3.8) is 0 Å². The van der Waals surface area contributed by atoms with Crippen molar-refractivity contribution in [3.05, 3.63) is 51.7 Å². The summed E-state index contributed by atoms with van der Waals surface area (Å²) in [5.41, 5.74) is 2.45. The molecule has 1 aromatic carbocycles. The van der Waals surface area contributed by atoms with Crippen LogP contribution in [0, 0.1) is 0 Å². The van der Waals surface area contributed by atoms with Gasteiger partial charge in [0.2, 0.25) is 11.8 Å². The predicted octanol–water partition coefficient (Wildman–Crippen LogP) is 8.57. The summed E-state index contributed by atoms with van der Waals surface area (Å²) in [6.45, 7) is 7.74. The maximum absolute atomic E-state index is 12.7. The number of carbonyl (C=O) groups is 3. The van der Waals surface area contributed by atoms with Crippen LogP contribution in [0.1, 0.15) is 139 Å². The lowest BCUT2D eigenvalue weighted by Gasteiger charge is -2.35. The molecule has 0 saturated heterocycles. The molecule has 0 unspecified atom stereocenters. The minimum Gasteiger partial charge on any atom is -0.426 e. The Hall–Kier alpha value is -2.71. The fourth-order valence-corrected chi connectivity index (χ4v) is 7.40. The van der Waals surface area contributed by atoms with Gasteiger partial charge in [-0.15, -0.1) is 11.3 Å². The molecular formula is C40H63N3O4S. The summed E-state index contributed by atoms with van der Waals surface area (Å²) in [7, 11) is 0. The van der Waals surface area contributed by atoms with Gasteiger partial charge in [0, 0.05) is 43.4 Å². The lowest BCUT2D eigenvalue weighted by molar-refractivity contribution is -0.134. The molecule has 0 radical (unpaired) electrons. The quantitative estimate of drug-likeness (QED) is 0.0590. The number of thiophene rings is 1. The average molecular weight is 682 g/mol. The number of benzene rings is 1. The molecule has 2 N–H and O–H groups in total. The van der Waals surface area contributed by atoms with E-state index >= 15 is 0 Å². The van der Waals surface area contributed by atoms with E-state index in [1.807, 2.05) is 23.5 Å². The van der Waals surface area contributed by atoms with Gasteiger partial charge in [0.15, 0.2) is 0 Å². The number of nitrogens with one attached hydrogen (secondary N) is 2. The summed E-state index contributed by atoms with van der Waals surface area (Å²) in [4.78, 5) is 40.9. The Balaban J connectivity index is 1.21. The Morgan fingerprint density at radius 1 is 0.771 bits per heavy atom. The van der Waals surface area contributed by atoms with Crippen molar-refractivity contribution in [2.45, 2.75) is 148 Å². The molecule has 1 atom stereocenters. The van der Waals surface area contributed by atoms with Crippen LogP contribution in [0.25, 0.3) is 0 Å². The normalized spacial score (nSPS) is 14.1. The first kappa shape index (κ1) is 39.7. The number of carbonyl (C=O) groups excluding carboxylic acids is 3. The highest BCUT2D eigenvalue weighted by atomic mass is 32.1. The van der Waals surface area contributed by atoms with Crippen molar-refractivity contribution in [2.75, 3.05) is 26.2 Å². The van der Waals surface area contributed by atoms with Crippen LogP contribution in [0.5, 0.6) is 5.75 Å². The highest BCUT2D eigenvalue weighted by Gasteiger charge is 2.26. The summed E-state index contributed by atoms with van der Waals surface area (Å²) in [5.74, 6) is 0.601. The number of amides is 2. The highest BCUT2D eigenvalue weighted by molar-refractivity contribution is 7.09. The van der Waals surface area contributed by atoms with E-state index in [1.54, 1.807) is 0 Å². The second-order valence-corrected chi connectivity index (χ2v) is 14.5. The van der Waals surface area contributed by atoms with E-state index in [0.29, 0.717) is 31.2 Å². The van der Waals surface area contributed by atoms with Gasteiger partial charge in [-0.3, -0.25) is 19.3 Å². The molecule has 1 aliphatic rings. The predicted molar refractivity (Wildman–Crippen MR) is 199 cm³/mol. The average Bonchev–Trinajstić information content (AvgIpc) is 3.61. The van der Waals surface area contributed by atoms with Crippen LogP contribution in [0.15, 0.2) is 35.7 Å². The largest absolute Gasteiger partial charge is 0.426 e. The molecule has 8 heteroatoms. The molecule has 3 rings (SSSR count). The van der Waals surface area contributed by atoms with Crippen LogP contribution in [-0.2, 0) is 33.6 Å². The first-order valence-corrected chi connectivity index (χ1v) is 20.0. The minimum absolute atomic E-state index is 0.0102. The number of fused-ring (bicyclic) bond motifs is 1. The number of nitrogens with zero attached hydrogens (tertiary/aromatic N) is 1. The number of hydrogen-bond acceptors (Lipinski definition) is 6. The van der Waals surface area contributed by atoms with Crippen molar-refractivity contribution >= 4 is 29.1 Å². The van der Waals surface area contributed by atoms with Crippen LogP contribution >= 0.6 is 11.3 Å². The Bertz CT molecular complexity index is 1190. The molecule has 0 bridgehead atoms. The van der Waals surface area contributed by atoms with Crippen LogP contribution in [-0.4, -0.2) is 54.9 Å². The summed E-state index contributed by atoms with van der Waals surface area (Å²) in [6, 6.07) is 11.0. The zero-order chi connectivity index (χ0) is 34.2. The molecule has 1 aliphatic carbocycles. The molecular weight excluding hydrogens is 619 g/mol. The van der Waals surface area contributed by atoms with Crippen molar-refractivity contribution < 1.29 is 19.1 Å². The zero-order valence-electron chi connectivity index (χ0n) is 30.0. The van der Waals surface area contributed by atoms with Crippen molar-refractivity contribution in [2.24, 2.45) is 0 Å². The molecule has 0 fully saturated rings. The minimum atomic E-state index is -0.292. The molecule has 0 spiro atoms. The second kappa shape index (κ2) is 24.4. The Morgan fingerprint density at radius 3 is 2.10 bits per heavy atom. The van der Waals surface area contributed by atoms with Gasteiger partial charge in [-0.05, 0) is 86.6 Å². The van der Waals surface area contributed by atoms with E-state index in [2.05, 4.69) is 53.0 Å². The Morgan fingerprint density at radius 2 is 1.46 bits per heavy atom. The van der Waals surface area contributed by atoms with Crippen LogP contribution in [0.2, 0.25) is 0 Å². The summed E-state index contributed by atoms with van der Waals surface area (Å²) >= 11 is 1.84. The van der Waals surface area contributed by atoms with Crippen LogP contribution in [0.4, 0.5) is 0 Å². The van der Waals surface area contributed by atoms with E-state index in [4.69, 9.17) is 4.74 Å². The van der Waals surface area contributed by atoms with Gasteiger partial charge in [0.05, 0.1) is 6.42 Å². The standard InChI is InChI=1S/C40H63N3O4S/c1-3-5-15-27-41-38(44)21-13-11-9-7-6-8-10-12-14-22-39(45)42-28-25-40(46)47-37-20-16-18-33-32-34(23-24-36(33)37)43(29-4-2)30-26-35-19-17-31-48-35/h16-20,31,34H,3-15,21-30,32H2,1-2H3,(H,41,44)(H,42,45)/t34-/m1/s1. The van der Waals surface area contributed by atoms with E-state index in [9.17, 15) is 14.4 Å². The number of unbranched alkanes of at least 4 members (excludes halogenated alkanes) is 10. The van der Waals surface area contributed by atoms with E-state index in [-0.39, 0.29) is 24.2 Å². The molecule has 1 aromatic heterocycles. The molecule has 2 amide bonds. The van der Waals surface area contributed by atoms with Gasteiger partial charge in [0.25, 0.3) is 0 Å². The van der Waals surface area contributed by atoms with E-state index < -0.39 is 0 Å². The number of esters is 1. The third kappa shape index (κ3) is 16.1. The lowest BCUT2D eigenvalue weighted by Crippen LogP contribution is -2.41. The summed E-state index contributed by atoms with van der Waals surface area (Å²) in [6.07, 6.45) is 20.0. The monoisotopic (exact) mass is 681 g/mol. The number of hydrogen-bond donors (Lipinski definition) is 2. The van der Waals surface area contributed by atoms with Crippen molar-refractivity contribution in [3.8, 4) is 5.75 Å². The molecule has 7 nitrogen and oxygen atoms in total. The molecule has 48 heavy (non-hydrogen) atoms. The Labute approximate surface area is 295 Å². The van der Waals surface area contributed by atoms with E-state index in [1.165, 1.54) is 54.5 Å². The molecule has 268 valence electrons. The van der Waals surface area contributed by atoms with Gasteiger partial charge in [-0.25, -0.2) is 0 Å². The molecule has 0 saturated carbocycles. The highest BCUT2D eigenvalue weighted by Crippen LogP contribution is 2.32. The Kier molecular flexibility index (Phi) is 20.2. The lowest BCUT2D eigenvalue weighted by atomic mass is 9.86. The first-order valence-electron chi connectivity index (χ1n) is 19.1. The van der Waals surface area contributed by atoms with Gasteiger partial charge >= 0.3 is 5.97 Å². The molecule has 2 aromatic rings. The summed E-state index contributed by atoms with van der Waals surface area (Å²) < 4.78 is 5.81. The molecule has 0 aliphatic heterocycles. The third-order valence-corrected chi connectivity index (χ3v) is 10.4. The van der Waals surface area contributed by atoms with Crippen molar-refractivity contribution in [1.29, 1.82) is 0 Å². The smallest absolute Gasteiger partial charge is 0.312 e. The number of ether oxygens (including phenoxy) is 1. The van der Waals surface area contributed by atoms with Gasteiger partial charge in [-0.2, -0.15) is 0 Å². The topological polar surface area (TPSA) is 87.7 Å². The van der Waals surface area contributed by atoms with Gasteiger partial charge in [-0.1, -0.05) is 89.8 Å². The van der Waals surface area contributed by atoms with E-state index in [0.717, 1.165) is 90.3 Å². The summed E-state index contributed by atoms with van der Waals surface area (Å²) in [5, 5.41) is 8.06. The van der Waals surface area contributed by atoms with Crippen LogP contribution < -0.4 is 15.4 Å². The van der Waals surface area contributed by atoms with Gasteiger partial charge in [0.1, 0.15) is 5.75 Å². The van der Waals surface area contributed by atoms with Crippen LogP contribution in [0.3, 0.4) is 0 Å². The second-order valence-electron chi connectivity index (χ2n) is 13.5. The maximum Gasteiger partial charge on any atom is 0.312 e. The first-order chi connectivity index (χ1) is 23.5. The third-order valence-electron chi connectivity index (χ3n) is 9.45. The van der Waals surface area contributed by atoms with Crippen molar-refractivity contribution in [1.82, 2.24) is 15.5 Å².